The number of amides is 1. The van der Waals surface area contributed by atoms with Gasteiger partial charge in [-0.2, -0.15) is 0 Å². The molecule has 8 nitrogen and oxygen atoms in total. The molecule has 2 N–H and O–H groups in total. The van der Waals surface area contributed by atoms with Crippen molar-refractivity contribution in [2.45, 2.75) is 25.0 Å². The van der Waals surface area contributed by atoms with E-state index in [1.807, 2.05) is 36.4 Å². The van der Waals surface area contributed by atoms with Crippen molar-refractivity contribution in [1.29, 1.82) is 0 Å². The monoisotopic (exact) mass is 447 g/mol. The molecular weight excluding hydrogens is 422 g/mol. The van der Waals surface area contributed by atoms with Crippen LogP contribution in [0.4, 0.5) is 5.69 Å². The third-order valence-corrected chi connectivity index (χ3v) is 6.25. The summed E-state index contributed by atoms with van der Waals surface area (Å²) >= 11 is 0. The minimum absolute atomic E-state index is 0.0572. The predicted octanol–water partition coefficient (Wildman–Crippen LogP) is 3.39. The van der Waals surface area contributed by atoms with Crippen LogP contribution in [0.5, 0.6) is 5.75 Å². The van der Waals surface area contributed by atoms with Gasteiger partial charge in [0.25, 0.3) is 0 Å². The molecule has 2 aliphatic rings. The molecule has 2 aliphatic heterocycles. The number of carbonyl (C=O) groups is 2. The van der Waals surface area contributed by atoms with Gasteiger partial charge in [0.15, 0.2) is 0 Å². The second-order valence-electron chi connectivity index (χ2n) is 8.03. The lowest BCUT2D eigenvalue weighted by molar-refractivity contribution is -0.119. The van der Waals surface area contributed by atoms with Crippen molar-refractivity contribution in [3.63, 3.8) is 0 Å². The van der Waals surface area contributed by atoms with Gasteiger partial charge in [-0.1, -0.05) is 12.1 Å². The maximum Gasteiger partial charge on any atom is 0.338 e. The molecule has 0 spiro atoms. The molecule has 4 atom stereocenters. The molecular formula is C25H25N3O5. The highest BCUT2D eigenvalue weighted by molar-refractivity contribution is 6.02. The van der Waals surface area contributed by atoms with Crippen LogP contribution in [0.3, 0.4) is 0 Å². The molecule has 2 fully saturated rings. The van der Waals surface area contributed by atoms with Crippen LogP contribution in [0, 0.1) is 5.92 Å². The van der Waals surface area contributed by atoms with E-state index in [-0.39, 0.29) is 29.9 Å². The van der Waals surface area contributed by atoms with Crippen molar-refractivity contribution < 1.29 is 23.5 Å². The largest absolute Gasteiger partial charge is 0.497 e. The van der Waals surface area contributed by atoms with Crippen LogP contribution in [0.1, 0.15) is 40.7 Å². The molecule has 3 aromatic rings. The number of esters is 1. The molecule has 8 heteroatoms. The summed E-state index contributed by atoms with van der Waals surface area (Å²) in [7, 11) is 1.62. The predicted molar refractivity (Wildman–Crippen MR) is 121 cm³/mol. The van der Waals surface area contributed by atoms with Crippen molar-refractivity contribution in [2.24, 2.45) is 5.92 Å². The van der Waals surface area contributed by atoms with E-state index < -0.39 is 6.04 Å². The molecule has 0 aliphatic carbocycles. The zero-order valence-electron chi connectivity index (χ0n) is 18.4. The molecule has 2 saturated heterocycles. The molecule has 4 unspecified atom stereocenters. The molecule has 3 heterocycles. The first kappa shape index (κ1) is 21.2. The van der Waals surface area contributed by atoms with Crippen molar-refractivity contribution in [1.82, 2.24) is 10.9 Å². The van der Waals surface area contributed by atoms with E-state index in [0.29, 0.717) is 17.9 Å². The van der Waals surface area contributed by atoms with Gasteiger partial charge in [0.05, 0.1) is 37.6 Å². The number of hydrogen-bond acceptors (Lipinski definition) is 7. The zero-order valence-corrected chi connectivity index (χ0v) is 18.4. The number of nitrogens with one attached hydrogen (secondary N) is 2. The zero-order chi connectivity index (χ0) is 22.9. The fourth-order valence-electron chi connectivity index (χ4n) is 4.80. The van der Waals surface area contributed by atoms with E-state index in [1.54, 1.807) is 49.5 Å². The van der Waals surface area contributed by atoms with Gasteiger partial charge in [-0.25, -0.2) is 15.6 Å². The Morgan fingerprint density at radius 1 is 1.06 bits per heavy atom. The van der Waals surface area contributed by atoms with E-state index in [0.717, 1.165) is 17.1 Å². The number of fused-ring (bicyclic) bond motifs is 1. The van der Waals surface area contributed by atoms with Crippen molar-refractivity contribution in [2.75, 3.05) is 18.6 Å². The Morgan fingerprint density at radius 3 is 2.55 bits per heavy atom. The van der Waals surface area contributed by atoms with Gasteiger partial charge in [0.1, 0.15) is 17.6 Å². The average molecular weight is 447 g/mol. The van der Waals surface area contributed by atoms with Gasteiger partial charge in [0, 0.05) is 11.6 Å². The second kappa shape index (κ2) is 8.73. The van der Waals surface area contributed by atoms with Gasteiger partial charge < -0.3 is 18.8 Å². The number of anilines is 1. The number of methoxy groups -OCH3 is 1. The van der Waals surface area contributed by atoms with Crippen molar-refractivity contribution in [3.8, 4) is 5.75 Å². The molecule has 1 amide bonds. The molecule has 170 valence electrons. The smallest absolute Gasteiger partial charge is 0.338 e. The number of nitrogens with zero attached hydrogens (tertiary/aromatic N) is 1. The van der Waals surface area contributed by atoms with E-state index in [1.165, 1.54) is 0 Å². The minimum Gasteiger partial charge on any atom is -0.497 e. The summed E-state index contributed by atoms with van der Waals surface area (Å²) in [5.41, 5.74) is 8.52. The van der Waals surface area contributed by atoms with Crippen LogP contribution in [0.15, 0.2) is 71.3 Å². The minimum atomic E-state index is -0.443. The molecule has 33 heavy (non-hydrogen) atoms. The third kappa shape index (κ3) is 3.67. The first-order valence-corrected chi connectivity index (χ1v) is 10.9. The number of carbonyl (C=O) groups excluding carboxylic acids is 2. The highest BCUT2D eigenvalue weighted by Crippen LogP contribution is 2.49. The van der Waals surface area contributed by atoms with Crippen molar-refractivity contribution >= 4 is 17.6 Å². The van der Waals surface area contributed by atoms with Gasteiger partial charge >= 0.3 is 5.97 Å². The average Bonchev–Trinajstić information content (AvgIpc) is 3.57. The van der Waals surface area contributed by atoms with Crippen LogP contribution in [0.2, 0.25) is 0 Å². The SMILES string of the molecule is CCOC(=O)c1ccc(N2C(=O)C3NNC(c4ccco4)C3C2c2cccc(OC)c2)cc1. The maximum atomic E-state index is 13.6. The van der Waals surface area contributed by atoms with E-state index >= 15 is 0 Å². The number of hydrogen-bond donors (Lipinski definition) is 2. The highest BCUT2D eigenvalue weighted by atomic mass is 16.5. The molecule has 0 bridgehead atoms. The lowest BCUT2D eigenvalue weighted by Crippen LogP contribution is -2.41. The first-order chi connectivity index (χ1) is 16.1. The number of rotatable bonds is 6. The van der Waals surface area contributed by atoms with E-state index in [9.17, 15) is 9.59 Å². The summed E-state index contributed by atoms with van der Waals surface area (Å²) in [6.07, 6.45) is 1.63. The second-order valence-corrected chi connectivity index (χ2v) is 8.03. The first-order valence-electron chi connectivity index (χ1n) is 10.9. The Morgan fingerprint density at radius 2 is 1.85 bits per heavy atom. The maximum absolute atomic E-state index is 13.6. The fraction of sp³-hybridized carbons (Fsp3) is 0.280. The molecule has 5 rings (SSSR count). The summed E-state index contributed by atoms with van der Waals surface area (Å²) in [4.78, 5) is 27.5. The summed E-state index contributed by atoms with van der Waals surface area (Å²) in [5, 5.41) is 0. The van der Waals surface area contributed by atoms with Crippen molar-refractivity contribution in [3.05, 3.63) is 83.8 Å². The van der Waals surface area contributed by atoms with Gasteiger partial charge in [0.2, 0.25) is 5.91 Å². The fourth-order valence-corrected chi connectivity index (χ4v) is 4.80. The number of benzene rings is 2. The Hall–Kier alpha value is -3.62. The summed E-state index contributed by atoms with van der Waals surface area (Å²) in [6.45, 7) is 2.07. The van der Waals surface area contributed by atoms with Gasteiger partial charge in [-0.05, 0) is 61.0 Å². The highest BCUT2D eigenvalue weighted by Gasteiger charge is 2.56. The number of furan rings is 1. The Balaban J connectivity index is 1.57. The summed E-state index contributed by atoms with van der Waals surface area (Å²) in [5.74, 6) is 0.894. The van der Waals surface area contributed by atoms with Gasteiger partial charge in [-0.15, -0.1) is 0 Å². The molecule has 2 aromatic carbocycles. The Bertz CT molecular complexity index is 1150. The van der Waals surface area contributed by atoms with E-state index in [4.69, 9.17) is 13.9 Å². The third-order valence-electron chi connectivity index (χ3n) is 6.25. The number of ether oxygens (including phenoxy) is 2. The van der Waals surface area contributed by atoms with Crippen LogP contribution < -0.4 is 20.5 Å². The standard InChI is InChI=1S/C25H25N3O5/c1-3-32-25(30)15-9-11-17(12-10-15)28-23(16-6-4-7-18(14-16)31-2)20-21(19-8-5-13-33-19)26-27-22(20)24(28)29/h4-14,20-23,26-27H,3H2,1-2H3. The normalized spacial score (nSPS) is 24.1. The molecule has 1 aromatic heterocycles. The van der Waals surface area contributed by atoms with Crippen LogP contribution in [0.25, 0.3) is 0 Å². The summed E-state index contributed by atoms with van der Waals surface area (Å²) < 4.78 is 16.2. The number of hydrazine groups is 1. The quantitative estimate of drug-likeness (QED) is 0.560. The summed E-state index contributed by atoms with van der Waals surface area (Å²) in [6, 6.07) is 17.5. The molecule has 0 saturated carbocycles. The van der Waals surface area contributed by atoms with E-state index in [2.05, 4.69) is 10.9 Å². The van der Waals surface area contributed by atoms with Crippen LogP contribution in [-0.2, 0) is 9.53 Å². The lowest BCUT2D eigenvalue weighted by Gasteiger charge is -2.31. The van der Waals surface area contributed by atoms with Crippen LogP contribution in [-0.4, -0.2) is 31.6 Å². The molecule has 0 radical (unpaired) electrons. The Labute approximate surface area is 191 Å². The lowest BCUT2D eigenvalue weighted by atomic mass is 9.85. The topological polar surface area (TPSA) is 93.0 Å². The Kier molecular flexibility index (Phi) is 5.62. The van der Waals surface area contributed by atoms with Crippen LogP contribution >= 0.6 is 0 Å². The van der Waals surface area contributed by atoms with Gasteiger partial charge in [-0.3, -0.25) is 4.79 Å².